The maximum absolute atomic E-state index is 13.3. The van der Waals surface area contributed by atoms with E-state index in [0.29, 0.717) is 11.3 Å². The van der Waals surface area contributed by atoms with Crippen molar-refractivity contribution in [2.24, 2.45) is 0 Å². The first-order chi connectivity index (χ1) is 16.8. The number of hydrogen-bond donors (Lipinski definition) is 1. The van der Waals surface area contributed by atoms with Gasteiger partial charge in [-0.25, -0.2) is 9.37 Å². The molecule has 6 nitrogen and oxygen atoms in total. The molecule has 7 heteroatoms. The van der Waals surface area contributed by atoms with Crippen molar-refractivity contribution < 1.29 is 9.13 Å². The Morgan fingerprint density at radius 1 is 1.14 bits per heavy atom. The summed E-state index contributed by atoms with van der Waals surface area (Å²) >= 11 is 0. The maximum atomic E-state index is 13.3. The van der Waals surface area contributed by atoms with Crippen molar-refractivity contribution in [2.45, 2.75) is 40.2 Å². The third-order valence-corrected chi connectivity index (χ3v) is 5.47. The van der Waals surface area contributed by atoms with Crippen LogP contribution in [-0.2, 0) is 0 Å². The highest BCUT2D eigenvalue weighted by Gasteiger charge is 2.17. The number of rotatable bonds is 6. The lowest BCUT2D eigenvalue weighted by molar-refractivity contribution is 0.413. The molecule has 2 aromatic heterocycles. The molecule has 2 aromatic carbocycles. The fourth-order valence-corrected chi connectivity index (χ4v) is 3.66. The Hall–Kier alpha value is -4.00. The lowest BCUT2D eigenvalue weighted by atomic mass is 10.0. The van der Waals surface area contributed by atoms with Crippen LogP contribution in [0.2, 0.25) is 0 Å². The number of pyridine rings is 1. The number of hydrogen-bond acceptors (Lipinski definition) is 4. The number of aryl methyl sites for hydroxylation is 1. The summed E-state index contributed by atoms with van der Waals surface area (Å²) in [5, 5.41) is 8.70. The summed E-state index contributed by atoms with van der Waals surface area (Å²) < 4.78 is 22.2. The van der Waals surface area contributed by atoms with Crippen molar-refractivity contribution in [1.29, 1.82) is 5.41 Å². The highest BCUT2D eigenvalue weighted by atomic mass is 19.1. The standard InChI is InChI=1S/C25H23FN4O2.C3H8/c1-16-14-29(15-28-16)22-11-8-19(13-23(22)32-3)24(27)21-5-4-12-30(25(21)31)17(2)18-6-9-20(26)10-7-18;1-3-2/h4-15,17,27H,1-3H3;3H2,1-2H3. The minimum Gasteiger partial charge on any atom is -0.495 e. The SMILES string of the molecule is CCC.COc1cc(C(=N)c2cccn(C(C)c3ccc(F)cc3)c2=O)ccc1-n1cnc(C)c1. The van der Waals surface area contributed by atoms with Crippen molar-refractivity contribution in [3.63, 3.8) is 0 Å². The van der Waals surface area contributed by atoms with E-state index in [4.69, 9.17) is 10.1 Å². The van der Waals surface area contributed by atoms with E-state index in [9.17, 15) is 9.18 Å². The van der Waals surface area contributed by atoms with Gasteiger partial charge in [0.2, 0.25) is 0 Å². The van der Waals surface area contributed by atoms with Gasteiger partial charge in [0, 0.05) is 18.0 Å². The van der Waals surface area contributed by atoms with E-state index >= 15 is 0 Å². The lowest BCUT2D eigenvalue weighted by Crippen LogP contribution is -2.28. The van der Waals surface area contributed by atoms with E-state index in [-0.39, 0.29) is 28.7 Å². The molecule has 1 N–H and O–H groups in total. The molecule has 1 atom stereocenters. The number of halogens is 1. The normalized spacial score (nSPS) is 11.4. The molecular formula is C28H31FN4O2. The van der Waals surface area contributed by atoms with Crippen LogP contribution in [0, 0.1) is 18.2 Å². The average Bonchev–Trinajstić information content (AvgIpc) is 3.30. The first kappa shape index (κ1) is 25.6. The molecule has 0 aliphatic carbocycles. The Labute approximate surface area is 205 Å². The zero-order valence-corrected chi connectivity index (χ0v) is 20.7. The van der Waals surface area contributed by atoms with Crippen LogP contribution in [0.3, 0.4) is 0 Å². The van der Waals surface area contributed by atoms with E-state index in [0.717, 1.165) is 16.9 Å². The van der Waals surface area contributed by atoms with Gasteiger partial charge >= 0.3 is 0 Å². The summed E-state index contributed by atoms with van der Waals surface area (Å²) in [6.07, 6.45) is 6.51. The van der Waals surface area contributed by atoms with Crippen LogP contribution in [0.1, 0.15) is 55.6 Å². The summed E-state index contributed by atoms with van der Waals surface area (Å²) in [5.41, 5.74) is 3.12. The molecule has 0 saturated heterocycles. The molecule has 0 bridgehead atoms. The summed E-state index contributed by atoms with van der Waals surface area (Å²) in [7, 11) is 1.57. The molecule has 0 radical (unpaired) electrons. The summed E-state index contributed by atoms with van der Waals surface area (Å²) in [5.74, 6) is 0.243. The van der Waals surface area contributed by atoms with Gasteiger partial charge in [0.25, 0.3) is 5.56 Å². The fourth-order valence-electron chi connectivity index (χ4n) is 3.66. The third kappa shape index (κ3) is 5.74. The first-order valence-electron chi connectivity index (χ1n) is 11.6. The Kier molecular flexibility index (Phi) is 8.36. The molecule has 0 saturated carbocycles. The van der Waals surface area contributed by atoms with Gasteiger partial charge in [0.15, 0.2) is 0 Å². The van der Waals surface area contributed by atoms with Crippen LogP contribution >= 0.6 is 0 Å². The zero-order chi connectivity index (χ0) is 25.5. The first-order valence-corrected chi connectivity index (χ1v) is 11.6. The summed E-state index contributed by atoms with van der Waals surface area (Å²) in [4.78, 5) is 17.5. The van der Waals surface area contributed by atoms with E-state index < -0.39 is 0 Å². The second-order valence-corrected chi connectivity index (χ2v) is 8.25. The van der Waals surface area contributed by atoms with Crippen LogP contribution in [0.5, 0.6) is 5.75 Å². The third-order valence-electron chi connectivity index (χ3n) is 5.47. The van der Waals surface area contributed by atoms with Crippen molar-refractivity contribution >= 4 is 5.71 Å². The van der Waals surface area contributed by atoms with E-state index in [2.05, 4.69) is 18.8 Å². The van der Waals surface area contributed by atoms with E-state index in [1.807, 2.05) is 30.7 Å². The molecule has 0 spiro atoms. The van der Waals surface area contributed by atoms with Crippen molar-refractivity contribution in [3.8, 4) is 11.4 Å². The second kappa shape index (κ2) is 11.4. The molecule has 0 amide bonds. The van der Waals surface area contributed by atoms with Crippen molar-refractivity contribution in [3.05, 3.63) is 112 Å². The van der Waals surface area contributed by atoms with Crippen LogP contribution < -0.4 is 10.3 Å². The molecule has 35 heavy (non-hydrogen) atoms. The Morgan fingerprint density at radius 2 is 1.83 bits per heavy atom. The van der Waals surface area contributed by atoms with Gasteiger partial charge in [0.05, 0.1) is 42.1 Å². The van der Waals surface area contributed by atoms with Crippen molar-refractivity contribution in [1.82, 2.24) is 14.1 Å². The topological polar surface area (TPSA) is 72.9 Å². The Morgan fingerprint density at radius 3 is 2.43 bits per heavy atom. The zero-order valence-electron chi connectivity index (χ0n) is 20.7. The van der Waals surface area contributed by atoms with E-state index in [1.165, 1.54) is 18.6 Å². The number of nitrogens with one attached hydrogen (secondary N) is 1. The molecule has 0 aliphatic rings. The number of aromatic nitrogens is 3. The van der Waals surface area contributed by atoms with Gasteiger partial charge < -0.3 is 13.9 Å². The highest BCUT2D eigenvalue weighted by Crippen LogP contribution is 2.25. The van der Waals surface area contributed by atoms with Crippen molar-refractivity contribution in [2.75, 3.05) is 7.11 Å². The average molecular weight is 475 g/mol. The molecule has 0 fully saturated rings. The largest absolute Gasteiger partial charge is 0.495 e. The van der Waals surface area contributed by atoms with Gasteiger partial charge in [-0.3, -0.25) is 10.2 Å². The van der Waals surface area contributed by atoms with Crippen LogP contribution in [0.25, 0.3) is 5.69 Å². The predicted molar refractivity (Wildman–Crippen MR) is 138 cm³/mol. The minimum atomic E-state index is -0.327. The molecule has 1 unspecified atom stereocenters. The molecule has 4 rings (SSSR count). The highest BCUT2D eigenvalue weighted by molar-refractivity contribution is 6.11. The number of methoxy groups -OCH3 is 1. The lowest BCUT2D eigenvalue weighted by Gasteiger charge is -2.17. The Balaban J connectivity index is 0.00000108. The van der Waals surface area contributed by atoms with Crippen LogP contribution in [0.4, 0.5) is 4.39 Å². The molecule has 182 valence electrons. The summed E-state index contributed by atoms with van der Waals surface area (Å²) in [6, 6.07) is 14.5. The maximum Gasteiger partial charge on any atom is 0.260 e. The molecule has 2 heterocycles. The minimum absolute atomic E-state index is 0.0994. The van der Waals surface area contributed by atoms with Gasteiger partial charge in [-0.2, -0.15) is 0 Å². The smallest absolute Gasteiger partial charge is 0.260 e. The van der Waals surface area contributed by atoms with Crippen LogP contribution in [0.15, 0.2) is 78.1 Å². The molecule has 4 aromatic rings. The van der Waals surface area contributed by atoms with Gasteiger partial charge in [-0.1, -0.05) is 38.5 Å². The number of nitrogens with zero attached hydrogens (tertiary/aromatic N) is 3. The number of ether oxygens (including phenoxy) is 1. The quantitative estimate of drug-likeness (QED) is 0.352. The Bertz CT molecular complexity index is 1360. The van der Waals surface area contributed by atoms with Gasteiger partial charge in [-0.05, 0) is 55.8 Å². The molecule has 0 aliphatic heterocycles. The summed E-state index contributed by atoms with van der Waals surface area (Å²) in [6.45, 7) is 8.02. The second-order valence-electron chi connectivity index (χ2n) is 8.25. The van der Waals surface area contributed by atoms with Crippen LogP contribution in [-0.4, -0.2) is 26.9 Å². The van der Waals surface area contributed by atoms with E-state index in [1.54, 1.807) is 60.6 Å². The predicted octanol–water partition coefficient (Wildman–Crippen LogP) is 5.93. The molecular weight excluding hydrogens is 443 g/mol. The monoisotopic (exact) mass is 474 g/mol. The fraction of sp³-hybridized carbons (Fsp3) is 0.250. The van der Waals surface area contributed by atoms with Gasteiger partial charge in [-0.15, -0.1) is 0 Å². The number of benzene rings is 2. The van der Waals surface area contributed by atoms with Gasteiger partial charge in [0.1, 0.15) is 11.6 Å². The number of imidazole rings is 1.